The van der Waals surface area contributed by atoms with Crippen LogP contribution in [-0.2, 0) is 19.3 Å². The molecule has 2 N–H and O–H groups in total. The van der Waals surface area contributed by atoms with Crippen LogP contribution in [-0.4, -0.2) is 76.4 Å². The molecule has 7 heteroatoms. The van der Waals surface area contributed by atoms with E-state index in [9.17, 15) is 8.42 Å². The highest BCUT2D eigenvalue weighted by atomic mass is 32.2. The molecule has 0 amide bonds. The lowest BCUT2D eigenvalue weighted by molar-refractivity contribution is -0.00461. The molecule has 2 unspecified atom stereocenters. The zero-order chi connectivity index (χ0) is 14.1. The first-order valence-electron chi connectivity index (χ1n) is 6.67. The minimum absolute atomic E-state index is 0.0342. The second kappa shape index (κ2) is 5.65. The maximum absolute atomic E-state index is 11.6. The molecule has 2 aliphatic rings. The van der Waals surface area contributed by atoms with Crippen molar-refractivity contribution in [3.8, 4) is 0 Å². The molecule has 0 aliphatic carbocycles. The summed E-state index contributed by atoms with van der Waals surface area (Å²) in [5, 5.41) is 0. The van der Waals surface area contributed by atoms with Crippen molar-refractivity contribution in [2.24, 2.45) is 5.73 Å². The molecule has 19 heavy (non-hydrogen) atoms. The molecule has 2 rings (SSSR count). The number of likely N-dealkylation sites (tertiary alicyclic amines) is 1. The lowest BCUT2D eigenvalue weighted by Crippen LogP contribution is -2.57. The first-order chi connectivity index (χ1) is 8.96. The van der Waals surface area contributed by atoms with Gasteiger partial charge < -0.3 is 15.2 Å². The number of ether oxygens (including phenoxy) is 2. The predicted octanol–water partition coefficient (Wildman–Crippen LogP) is -0.762. The number of hydrogen-bond acceptors (Lipinski definition) is 6. The third-order valence-electron chi connectivity index (χ3n) is 4.63. The van der Waals surface area contributed by atoms with Crippen LogP contribution in [0.2, 0.25) is 0 Å². The Morgan fingerprint density at radius 3 is 2.00 bits per heavy atom. The molecule has 2 saturated heterocycles. The van der Waals surface area contributed by atoms with E-state index in [0.29, 0.717) is 19.4 Å². The summed E-state index contributed by atoms with van der Waals surface area (Å²) in [5.41, 5.74) is 5.75. The van der Waals surface area contributed by atoms with Crippen molar-refractivity contribution in [3.05, 3.63) is 0 Å². The summed E-state index contributed by atoms with van der Waals surface area (Å²) in [6, 6.07) is 0. The zero-order valence-electron chi connectivity index (χ0n) is 11.7. The van der Waals surface area contributed by atoms with Crippen molar-refractivity contribution in [2.45, 2.75) is 30.6 Å². The minimum Gasteiger partial charge on any atom is -0.377 e. The van der Waals surface area contributed by atoms with E-state index >= 15 is 0 Å². The molecule has 2 heterocycles. The molecule has 0 aromatic carbocycles. The van der Waals surface area contributed by atoms with Gasteiger partial charge in [0.25, 0.3) is 0 Å². The van der Waals surface area contributed by atoms with E-state index < -0.39 is 9.84 Å². The van der Waals surface area contributed by atoms with Gasteiger partial charge in [0, 0.05) is 39.4 Å². The van der Waals surface area contributed by atoms with Gasteiger partial charge in [0.05, 0.1) is 23.7 Å². The van der Waals surface area contributed by atoms with Crippen LogP contribution in [0.25, 0.3) is 0 Å². The smallest absolute Gasteiger partial charge is 0.150 e. The van der Waals surface area contributed by atoms with E-state index in [0.717, 1.165) is 13.1 Å². The topological polar surface area (TPSA) is 81.9 Å². The van der Waals surface area contributed by atoms with Crippen LogP contribution in [0.3, 0.4) is 0 Å². The van der Waals surface area contributed by atoms with Crippen LogP contribution in [0.5, 0.6) is 0 Å². The van der Waals surface area contributed by atoms with Crippen molar-refractivity contribution in [1.29, 1.82) is 0 Å². The standard InChI is InChI=1S/C12H24N2O4S/c1-17-10-7-14(8-11(10)18-2)12(9-13)3-5-19(15,16)6-4-12/h10-11H,3-9,13H2,1-2H3. The summed E-state index contributed by atoms with van der Waals surface area (Å²) < 4.78 is 34.1. The number of rotatable bonds is 4. The van der Waals surface area contributed by atoms with Crippen molar-refractivity contribution in [3.63, 3.8) is 0 Å². The van der Waals surface area contributed by atoms with Crippen LogP contribution in [0.15, 0.2) is 0 Å². The van der Waals surface area contributed by atoms with Crippen molar-refractivity contribution >= 4 is 9.84 Å². The van der Waals surface area contributed by atoms with Crippen LogP contribution in [0.4, 0.5) is 0 Å². The average molecular weight is 292 g/mol. The van der Waals surface area contributed by atoms with Gasteiger partial charge in [-0.2, -0.15) is 0 Å². The molecule has 112 valence electrons. The Balaban J connectivity index is 2.11. The first-order valence-corrected chi connectivity index (χ1v) is 8.49. The Morgan fingerprint density at radius 1 is 1.16 bits per heavy atom. The highest BCUT2D eigenvalue weighted by molar-refractivity contribution is 7.91. The summed E-state index contributed by atoms with van der Waals surface area (Å²) in [6.07, 6.45) is 1.29. The highest BCUT2D eigenvalue weighted by Gasteiger charge is 2.46. The number of nitrogens with two attached hydrogens (primary N) is 1. The van der Waals surface area contributed by atoms with Gasteiger partial charge in [0.1, 0.15) is 9.84 Å². The second-order valence-electron chi connectivity index (χ2n) is 5.53. The minimum atomic E-state index is -2.88. The summed E-state index contributed by atoms with van der Waals surface area (Å²) in [6.45, 7) is 1.99. The van der Waals surface area contributed by atoms with Gasteiger partial charge in [0.15, 0.2) is 0 Å². The molecular formula is C12H24N2O4S. The summed E-state index contributed by atoms with van der Waals surface area (Å²) in [4.78, 5) is 2.27. The number of hydrogen-bond donors (Lipinski definition) is 1. The third kappa shape index (κ3) is 2.95. The largest absolute Gasteiger partial charge is 0.377 e. The fraction of sp³-hybridized carbons (Fsp3) is 1.00. The van der Waals surface area contributed by atoms with Crippen molar-refractivity contribution in [2.75, 3.05) is 45.4 Å². The zero-order valence-corrected chi connectivity index (χ0v) is 12.5. The third-order valence-corrected chi connectivity index (χ3v) is 6.28. The molecule has 0 aromatic rings. The predicted molar refractivity (Wildman–Crippen MR) is 72.8 cm³/mol. The van der Waals surface area contributed by atoms with E-state index in [4.69, 9.17) is 15.2 Å². The fourth-order valence-electron chi connectivity index (χ4n) is 3.15. The first kappa shape index (κ1) is 15.2. The van der Waals surface area contributed by atoms with Gasteiger partial charge in [-0.25, -0.2) is 8.42 Å². The summed E-state index contributed by atoms with van der Waals surface area (Å²) in [7, 11) is 0.486. The number of sulfone groups is 1. The Morgan fingerprint density at radius 2 is 1.63 bits per heavy atom. The number of nitrogens with zero attached hydrogens (tertiary/aromatic N) is 1. The van der Waals surface area contributed by atoms with Gasteiger partial charge in [-0.1, -0.05) is 0 Å². The van der Waals surface area contributed by atoms with Crippen LogP contribution >= 0.6 is 0 Å². The van der Waals surface area contributed by atoms with Crippen molar-refractivity contribution < 1.29 is 17.9 Å². The van der Waals surface area contributed by atoms with Gasteiger partial charge in [-0.3, -0.25) is 4.90 Å². The Kier molecular flexibility index (Phi) is 4.52. The van der Waals surface area contributed by atoms with E-state index in [1.165, 1.54) is 0 Å². The van der Waals surface area contributed by atoms with Crippen LogP contribution in [0, 0.1) is 0 Å². The average Bonchev–Trinajstić information content (AvgIpc) is 2.83. The molecule has 0 saturated carbocycles. The molecule has 2 aliphatic heterocycles. The quantitative estimate of drug-likeness (QED) is 0.733. The molecule has 2 fully saturated rings. The van der Waals surface area contributed by atoms with E-state index in [2.05, 4.69) is 4.90 Å². The lowest BCUT2D eigenvalue weighted by Gasteiger charge is -2.43. The van der Waals surface area contributed by atoms with Gasteiger partial charge in [-0.15, -0.1) is 0 Å². The van der Waals surface area contributed by atoms with E-state index in [1.807, 2.05) is 0 Å². The maximum Gasteiger partial charge on any atom is 0.150 e. The molecule has 0 aromatic heterocycles. The van der Waals surface area contributed by atoms with E-state index in [-0.39, 0.29) is 29.3 Å². The maximum atomic E-state index is 11.6. The van der Waals surface area contributed by atoms with Crippen molar-refractivity contribution in [1.82, 2.24) is 4.90 Å². The second-order valence-corrected chi connectivity index (χ2v) is 7.84. The normalized spacial score (nSPS) is 34.5. The lowest BCUT2D eigenvalue weighted by atomic mass is 9.90. The molecule has 6 nitrogen and oxygen atoms in total. The summed E-state index contributed by atoms with van der Waals surface area (Å²) >= 11 is 0. The van der Waals surface area contributed by atoms with Crippen LogP contribution in [0.1, 0.15) is 12.8 Å². The molecule has 0 bridgehead atoms. The Bertz CT molecular complexity index is 386. The Hall–Kier alpha value is -0.210. The van der Waals surface area contributed by atoms with Crippen LogP contribution < -0.4 is 5.73 Å². The van der Waals surface area contributed by atoms with E-state index in [1.54, 1.807) is 14.2 Å². The van der Waals surface area contributed by atoms with Gasteiger partial charge in [0.2, 0.25) is 0 Å². The molecule has 2 atom stereocenters. The molecule has 0 spiro atoms. The van der Waals surface area contributed by atoms with Gasteiger partial charge in [-0.05, 0) is 12.8 Å². The monoisotopic (exact) mass is 292 g/mol. The molecular weight excluding hydrogens is 268 g/mol. The van der Waals surface area contributed by atoms with Gasteiger partial charge >= 0.3 is 0 Å². The molecule has 0 radical (unpaired) electrons. The SMILES string of the molecule is COC1CN(C2(CN)CCS(=O)(=O)CC2)CC1OC. The highest BCUT2D eigenvalue weighted by Crippen LogP contribution is 2.33. The Labute approximate surface area is 115 Å². The fourth-order valence-corrected chi connectivity index (χ4v) is 4.74. The number of methoxy groups -OCH3 is 2. The summed E-state index contributed by atoms with van der Waals surface area (Å²) in [5.74, 6) is 0.464.